The van der Waals surface area contributed by atoms with Crippen molar-refractivity contribution in [2.75, 3.05) is 25.2 Å². The fraction of sp³-hybridized carbons (Fsp3) is 0.467. The molecule has 6 nitrogen and oxygen atoms in total. The zero-order chi connectivity index (χ0) is 16.4. The third kappa shape index (κ3) is 3.76. The van der Waals surface area contributed by atoms with E-state index in [2.05, 4.69) is 4.99 Å². The number of rotatable bonds is 4. The van der Waals surface area contributed by atoms with Crippen LogP contribution in [0.25, 0.3) is 0 Å². The summed E-state index contributed by atoms with van der Waals surface area (Å²) in [5.41, 5.74) is 1.06. The quantitative estimate of drug-likeness (QED) is 0.801. The van der Waals surface area contributed by atoms with E-state index in [-0.39, 0.29) is 35.3 Å². The number of nitrogens with zero attached hydrogens (tertiary/aromatic N) is 2. The molecule has 1 aromatic rings. The van der Waals surface area contributed by atoms with Crippen LogP contribution in [0, 0.1) is 0 Å². The summed E-state index contributed by atoms with van der Waals surface area (Å²) in [7, 11) is -1.57. The number of carbonyl (C=O) groups is 1. The lowest BCUT2D eigenvalue weighted by Gasteiger charge is -2.24. The molecule has 8 heteroatoms. The Bertz CT molecular complexity index is 718. The number of hydrogen-bond donors (Lipinski definition) is 0. The van der Waals surface area contributed by atoms with E-state index in [1.54, 1.807) is 0 Å². The number of ether oxygens (including phenoxy) is 1. The number of amides is 1. The van der Waals surface area contributed by atoms with Crippen LogP contribution in [0.5, 0.6) is 0 Å². The van der Waals surface area contributed by atoms with E-state index < -0.39 is 9.84 Å². The Labute approximate surface area is 139 Å². The Balaban J connectivity index is 1.86. The number of amidine groups is 1. The zero-order valence-corrected chi connectivity index (χ0v) is 14.3. The summed E-state index contributed by atoms with van der Waals surface area (Å²) in [4.78, 5) is 17.8. The Morgan fingerprint density at radius 2 is 2.09 bits per heavy atom. The van der Waals surface area contributed by atoms with Gasteiger partial charge in [0.1, 0.15) is 6.61 Å². The van der Waals surface area contributed by atoms with E-state index in [4.69, 9.17) is 4.74 Å². The Hall–Kier alpha value is -1.38. The Morgan fingerprint density at radius 3 is 2.78 bits per heavy atom. The first-order valence-electron chi connectivity index (χ1n) is 7.26. The summed E-state index contributed by atoms with van der Waals surface area (Å²) in [6.07, 6.45) is 0. The molecule has 0 radical (unpaired) electrons. The highest BCUT2D eigenvalue weighted by atomic mass is 32.2. The van der Waals surface area contributed by atoms with Crippen LogP contribution < -0.4 is 0 Å². The average Bonchev–Trinajstić information content (AvgIpc) is 2.94. The smallest absolute Gasteiger partial charge is 0.274 e. The lowest BCUT2D eigenvalue weighted by Crippen LogP contribution is -2.37. The first-order valence-corrected chi connectivity index (χ1v) is 9.97. The summed E-state index contributed by atoms with van der Waals surface area (Å²) >= 11 is 1.39. The highest BCUT2D eigenvalue weighted by molar-refractivity contribution is 8.15. The van der Waals surface area contributed by atoms with Gasteiger partial charge in [0.2, 0.25) is 0 Å². The number of hydrogen-bond acceptors (Lipinski definition) is 5. The highest BCUT2D eigenvalue weighted by Gasteiger charge is 2.48. The minimum atomic E-state index is -3.02. The lowest BCUT2D eigenvalue weighted by atomic mass is 10.1. The van der Waals surface area contributed by atoms with E-state index in [0.717, 1.165) is 5.56 Å². The molecule has 23 heavy (non-hydrogen) atoms. The maximum atomic E-state index is 11.9. The molecule has 2 atom stereocenters. The largest absolute Gasteiger partial charge is 0.375 e. The standard InChI is InChI=1S/C15H18N2O4S2/c1-21-8-14(18)16-15-17(7-11-5-3-2-4-6-11)12-9-23(19,20)10-13(12)22-15/h2-6,12-13H,7-10H2,1H3/t12-,13+/m1/s1. The predicted molar refractivity (Wildman–Crippen MR) is 90.1 cm³/mol. The van der Waals surface area contributed by atoms with Crippen molar-refractivity contribution in [1.29, 1.82) is 0 Å². The third-order valence-corrected chi connectivity index (χ3v) is 7.11. The van der Waals surface area contributed by atoms with Gasteiger partial charge in [-0.3, -0.25) is 4.79 Å². The van der Waals surface area contributed by atoms with Gasteiger partial charge >= 0.3 is 0 Å². The van der Waals surface area contributed by atoms with Crippen molar-refractivity contribution in [2.24, 2.45) is 4.99 Å². The van der Waals surface area contributed by atoms with Crippen LogP contribution in [-0.2, 0) is 25.9 Å². The number of fused-ring (bicyclic) bond motifs is 1. The molecule has 0 N–H and O–H groups in total. The molecule has 1 aromatic carbocycles. The number of methoxy groups -OCH3 is 1. The normalized spacial score (nSPS) is 27.3. The van der Waals surface area contributed by atoms with Gasteiger partial charge in [0.05, 0.1) is 17.5 Å². The summed E-state index contributed by atoms with van der Waals surface area (Å²) in [6, 6.07) is 9.65. The molecule has 0 aromatic heterocycles. The molecule has 0 aliphatic carbocycles. The number of benzene rings is 1. The average molecular weight is 354 g/mol. The molecule has 2 aliphatic rings. The van der Waals surface area contributed by atoms with Crippen LogP contribution in [-0.4, -0.2) is 60.9 Å². The SMILES string of the molecule is COCC(=O)N=C1S[C@H]2CS(=O)(=O)C[C@H]2N1Cc1ccccc1. The van der Waals surface area contributed by atoms with E-state index in [1.165, 1.54) is 18.9 Å². The van der Waals surface area contributed by atoms with E-state index in [1.807, 2.05) is 35.2 Å². The summed E-state index contributed by atoms with van der Waals surface area (Å²) in [5, 5.41) is 0.540. The van der Waals surface area contributed by atoms with Gasteiger partial charge < -0.3 is 9.64 Å². The minimum Gasteiger partial charge on any atom is -0.375 e. The van der Waals surface area contributed by atoms with Crippen molar-refractivity contribution < 1.29 is 17.9 Å². The third-order valence-electron chi connectivity index (χ3n) is 3.86. The van der Waals surface area contributed by atoms with E-state index >= 15 is 0 Å². The molecular formula is C15H18N2O4S2. The molecule has 124 valence electrons. The van der Waals surface area contributed by atoms with Crippen LogP contribution >= 0.6 is 11.8 Å². The summed E-state index contributed by atoms with van der Waals surface area (Å²) < 4.78 is 28.6. The fourth-order valence-electron chi connectivity index (χ4n) is 2.86. The van der Waals surface area contributed by atoms with Crippen LogP contribution in [0.1, 0.15) is 5.56 Å². The molecule has 0 unspecified atom stereocenters. The molecule has 2 heterocycles. The first-order chi connectivity index (χ1) is 11.0. The van der Waals surface area contributed by atoms with Crippen molar-refractivity contribution in [1.82, 2.24) is 4.90 Å². The summed E-state index contributed by atoms with van der Waals surface area (Å²) in [5.74, 6) is -0.0870. The van der Waals surface area contributed by atoms with Gasteiger partial charge in [0, 0.05) is 18.9 Å². The number of thioether (sulfide) groups is 1. The second-order valence-corrected chi connectivity index (χ2v) is 9.00. The van der Waals surface area contributed by atoms with Crippen molar-refractivity contribution in [3.05, 3.63) is 35.9 Å². The van der Waals surface area contributed by atoms with Gasteiger partial charge in [-0.05, 0) is 5.56 Å². The maximum absolute atomic E-state index is 11.9. The highest BCUT2D eigenvalue weighted by Crippen LogP contribution is 2.38. The van der Waals surface area contributed by atoms with Gasteiger partial charge in [-0.1, -0.05) is 42.1 Å². The molecule has 0 spiro atoms. The lowest BCUT2D eigenvalue weighted by molar-refractivity contribution is -0.121. The van der Waals surface area contributed by atoms with Crippen molar-refractivity contribution in [2.45, 2.75) is 17.8 Å². The van der Waals surface area contributed by atoms with E-state index in [0.29, 0.717) is 11.7 Å². The van der Waals surface area contributed by atoms with Crippen LogP contribution in [0.3, 0.4) is 0 Å². The van der Waals surface area contributed by atoms with Gasteiger partial charge in [0.15, 0.2) is 15.0 Å². The van der Waals surface area contributed by atoms with Gasteiger partial charge in [-0.15, -0.1) is 0 Å². The number of aliphatic imine (C=N–C) groups is 1. The predicted octanol–water partition coefficient (Wildman–Crippen LogP) is 0.930. The number of sulfone groups is 1. The number of carbonyl (C=O) groups excluding carboxylic acids is 1. The first kappa shape index (κ1) is 16.5. The Morgan fingerprint density at radius 1 is 1.35 bits per heavy atom. The second kappa shape index (κ2) is 6.62. The van der Waals surface area contributed by atoms with Gasteiger partial charge in [-0.25, -0.2) is 8.42 Å². The van der Waals surface area contributed by atoms with Crippen molar-refractivity contribution in [3.8, 4) is 0 Å². The van der Waals surface area contributed by atoms with Gasteiger partial charge in [-0.2, -0.15) is 4.99 Å². The zero-order valence-electron chi connectivity index (χ0n) is 12.7. The van der Waals surface area contributed by atoms with Crippen molar-refractivity contribution in [3.63, 3.8) is 0 Å². The molecule has 2 aliphatic heterocycles. The maximum Gasteiger partial charge on any atom is 0.274 e. The van der Waals surface area contributed by atoms with E-state index in [9.17, 15) is 13.2 Å². The van der Waals surface area contributed by atoms with Crippen LogP contribution in [0.15, 0.2) is 35.3 Å². The second-order valence-electron chi connectivity index (χ2n) is 5.64. The van der Waals surface area contributed by atoms with Crippen LogP contribution in [0.2, 0.25) is 0 Å². The Kier molecular flexibility index (Phi) is 4.74. The minimum absolute atomic E-state index is 0.0576. The topological polar surface area (TPSA) is 76.0 Å². The molecular weight excluding hydrogens is 336 g/mol. The van der Waals surface area contributed by atoms with Crippen LogP contribution in [0.4, 0.5) is 0 Å². The molecule has 2 saturated heterocycles. The van der Waals surface area contributed by atoms with Crippen molar-refractivity contribution >= 4 is 32.7 Å². The fourth-order valence-corrected chi connectivity index (χ4v) is 6.83. The molecule has 3 rings (SSSR count). The monoisotopic (exact) mass is 354 g/mol. The summed E-state index contributed by atoms with van der Waals surface area (Å²) in [6.45, 7) is 0.473. The molecule has 2 fully saturated rings. The molecule has 0 saturated carbocycles. The molecule has 0 bridgehead atoms. The van der Waals surface area contributed by atoms with Gasteiger partial charge in [0.25, 0.3) is 5.91 Å². The molecule has 1 amide bonds.